The summed E-state index contributed by atoms with van der Waals surface area (Å²) >= 11 is 0. The van der Waals surface area contributed by atoms with Crippen LogP contribution in [0, 0.1) is 12.8 Å². The summed E-state index contributed by atoms with van der Waals surface area (Å²) in [4.78, 5) is 4.35. The van der Waals surface area contributed by atoms with Gasteiger partial charge in [-0.2, -0.15) is 0 Å². The van der Waals surface area contributed by atoms with E-state index in [0.717, 1.165) is 23.6 Å². The van der Waals surface area contributed by atoms with Crippen molar-refractivity contribution in [1.29, 1.82) is 0 Å². The van der Waals surface area contributed by atoms with E-state index in [4.69, 9.17) is 4.42 Å². The molecule has 21 heavy (non-hydrogen) atoms. The minimum atomic E-state index is 0.542. The average Bonchev–Trinajstić information content (AvgIpc) is 2.93. The largest absolute Gasteiger partial charge is 0.449 e. The zero-order valence-electron chi connectivity index (χ0n) is 13.5. The van der Waals surface area contributed by atoms with Crippen LogP contribution in [0.2, 0.25) is 0 Å². The summed E-state index contributed by atoms with van der Waals surface area (Å²) in [7, 11) is 0. The molecule has 0 bridgehead atoms. The molecule has 0 aliphatic rings. The zero-order chi connectivity index (χ0) is 15.2. The first-order chi connectivity index (χ1) is 10.1. The van der Waals surface area contributed by atoms with Crippen molar-refractivity contribution < 1.29 is 4.42 Å². The van der Waals surface area contributed by atoms with Crippen molar-refractivity contribution in [2.45, 2.75) is 53.0 Å². The Bertz CT molecular complexity index is 545. The van der Waals surface area contributed by atoms with Crippen LogP contribution in [0.1, 0.15) is 45.9 Å². The topological polar surface area (TPSA) is 38.1 Å². The maximum Gasteiger partial charge on any atom is 0.191 e. The van der Waals surface area contributed by atoms with E-state index in [-0.39, 0.29) is 0 Å². The van der Waals surface area contributed by atoms with Crippen LogP contribution in [-0.2, 0) is 0 Å². The van der Waals surface area contributed by atoms with Crippen molar-refractivity contribution in [3.8, 4) is 11.3 Å². The normalized spacial score (nSPS) is 13.9. The van der Waals surface area contributed by atoms with Gasteiger partial charge in [0, 0.05) is 24.2 Å². The lowest BCUT2D eigenvalue weighted by Crippen LogP contribution is -2.21. The van der Waals surface area contributed by atoms with Gasteiger partial charge in [-0.1, -0.05) is 39.3 Å². The van der Waals surface area contributed by atoms with Crippen LogP contribution in [0.25, 0.3) is 11.3 Å². The number of aromatic nitrogens is 1. The van der Waals surface area contributed by atoms with E-state index in [0.29, 0.717) is 11.9 Å². The molecule has 1 N–H and O–H groups in total. The molecule has 3 nitrogen and oxygen atoms in total. The molecule has 2 rings (SSSR count). The van der Waals surface area contributed by atoms with Gasteiger partial charge in [-0.05, 0) is 30.9 Å². The predicted octanol–water partition coefficient (Wildman–Crippen LogP) is 5.28. The summed E-state index contributed by atoms with van der Waals surface area (Å²) in [6.07, 6.45) is 5.31. The van der Waals surface area contributed by atoms with E-state index < -0.39 is 0 Å². The lowest BCUT2D eigenvalue weighted by atomic mass is 9.97. The molecule has 1 aromatic heterocycles. The van der Waals surface area contributed by atoms with Crippen LogP contribution in [0.4, 0.5) is 5.69 Å². The fourth-order valence-corrected chi connectivity index (χ4v) is 2.45. The molecule has 0 amide bonds. The third-order valence-corrected chi connectivity index (χ3v) is 4.05. The minimum Gasteiger partial charge on any atom is -0.449 e. The third-order valence-electron chi connectivity index (χ3n) is 4.05. The summed E-state index contributed by atoms with van der Waals surface area (Å²) in [5.41, 5.74) is 3.16. The summed E-state index contributed by atoms with van der Waals surface area (Å²) < 4.78 is 5.26. The van der Waals surface area contributed by atoms with E-state index >= 15 is 0 Å². The Morgan fingerprint density at radius 1 is 1.14 bits per heavy atom. The Kier molecular flexibility index (Phi) is 5.43. The van der Waals surface area contributed by atoms with E-state index in [1.807, 2.05) is 6.92 Å². The van der Waals surface area contributed by atoms with Crippen molar-refractivity contribution in [2.24, 2.45) is 5.92 Å². The third kappa shape index (κ3) is 4.35. The number of hydrogen-bond donors (Lipinski definition) is 1. The van der Waals surface area contributed by atoms with Gasteiger partial charge in [-0.3, -0.25) is 0 Å². The van der Waals surface area contributed by atoms with Gasteiger partial charge in [0.2, 0.25) is 0 Å². The van der Waals surface area contributed by atoms with Gasteiger partial charge in [0.15, 0.2) is 5.89 Å². The molecule has 0 aliphatic carbocycles. The van der Waals surface area contributed by atoms with Crippen molar-refractivity contribution >= 4 is 5.69 Å². The Morgan fingerprint density at radius 2 is 1.86 bits per heavy atom. The molecular weight excluding hydrogens is 260 g/mol. The second kappa shape index (κ2) is 7.30. The molecule has 1 aromatic carbocycles. The fourth-order valence-electron chi connectivity index (χ4n) is 2.45. The van der Waals surface area contributed by atoms with E-state index in [1.54, 1.807) is 6.26 Å². The number of nitrogens with zero attached hydrogens (tertiary/aromatic N) is 1. The van der Waals surface area contributed by atoms with Crippen LogP contribution >= 0.6 is 0 Å². The first-order valence-corrected chi connectivity index (χ1v) is 7.91. The Morgan fingerprint density at radius 3 is 2.38 bits per heavy atom. The van der Waals surface area contributed by atoms with E-state index in [9.17, 15) is 0 Å². The van der Waals surface area contributed by atoms with Crippen LogP contribution in [-0.4, -0.2) is 11.0 Å². The molecule has 0 radical (unpaired) electrons. The summed E-state index contributed by atoms with van der Waals surface area (Å²) in [5.74, 6) is 1.46. The van der Waals surface area contributed by atoms with E-state index in [2.05, 4.69) is 55.3 Å². The first kappa shape index (κ1) is 15.6. The van der Waals surface area contributed by atoms with Crippen molar-refractivity contribution in [3.05, 3.63) is 36.4 Å². The van der Waals surface area contributed by atoms with Crippen molar-refractivity contribution in [3.63, 3.8) is 0 Å². The molecule has 3 heteroatoms. The predicted molar refractivity (Wildman–Crippen MR) is 88.4 cm³/mol. The summed E-state index contributed by atoms with van der Waals surface area (Å²) in [6.45, 7) is 8.68. The highest BCUT2D eigenvalue weighted by Gasteiger charge is 2.10. The molecule has 0 fully saturated rings. The molecule has 114 valence electrons. The van der Waals surface area contributed by atoms with Gasteiger partial charge in [0.1, 0.15) is 12.0 Å². The minimum absolute atomic E-state index is 0.542. The highest BCUT2D eigenvalue weighted by Crippen LogP contribution is 2.22. The highest BCUT2D eigenvalue weighted by molar-refractivity contribution is 5.61. The molecule has 0 saturated heterocycles. The number of anilines is 1. The van der Waals surface area contributed by atoms with Crippen LogP contribution in [0.3, 0.4) is 0 Å². The van der Waals surface area contributed by atoms with Gasteiger partial charge in [0.05, 0.1) is 0 Å². The molecule has 1 heterocycles. The second-order valence-electron chi connectivity index (χ2n) is 5.83. The summed E-state index contributed by atoms with van der Waals surface area (Å²) in [6, 6.07) is 8.97. The summed E-state index contributed by atoms with van der Waals surface area (Å²) in [5, 5.41) is 3.63. The maximum absolute atomic E-state index is 5.26. The van der Waals surface area contributed by atoms with Gasteiger partial charge >= 0.3 is 0 Å². The number of oxazole rings is 1. The molecule has 0 saturated carbocycles. The molecule has 0 aliphatic heterocycles. The van der Waals surface area contributed by atoms with Crippen LogP contribution in [0.5, 0.6) is 0 Å². The highest BCUT2D eigenvalue weighted by atomic mass is 16.3. The quantitative estimate of drug-likeness (QED) is 0.752. The molecule has 2 aromatic rings. The smallest absolute Gasteiger partial charge is 0.191 e. The lowest BCUT2D eigenvalue weighted by Gasteiger charge is -2.21. The Labute approximate surface area is 127 Å². The van der Waals surface area contributed by atoms with Crippen LogP contribution in [0.15, 0.2) is 34.9 Å². The molecule has 2 atom stereocenters. The average molecular weight is 286 g/mol. The molecule has 2 unspecified atom stereocenters. The lowest BCUT2D eigenvalue weighted by molar-refractivity contribution is 0.462. The number of nitrogens with one attached hydrogen (secondary N) is 1. The first-order valence-electron chi connectivity index (χ1n) is 7.91. The van der Waals surface area contributed by atoms with Gasteiger partial charge < -0.3 is 9.73 Å². The number of aryl methyl sites for hydroxylation is 1. The fraction of sp³-hybridized carbons (Fsp3) is 0.500. The molecular formula is C18H26N2O. The van der Waals surface area contributed by atoms with Crippen LogP contribution < -0.4 is 5.32 Å². The number of benzene rings is 1. The maximum atomic E-state index is 5.26. The Hall–Kier alpha value is -1.77. The monoisotopic (exact) mass is 286 g/mol. The second-order valence-corrected chi connectivity index (χ2v) is 5.83. The number of rotatable bonds is 7. The standard InChI is InChI=1S/C18H26N2O/c1-5-13(3)11-16(6-2)20-17-9-7-15(8-10-17)18-12-21-14(4)19-18/h7-10,12-13,16,20H,5-6,11H2,1-4H3. The zero-order valence-corrected chi connectivity index (χ0v) is 13.5. The van der Waals surface area contributed by atoms with Gasteiger partial charge in [-0.25, -0.2) is 4.98 Å². The van der Waals surface area contributed by atoms with Crippen molar-refractivity contribution in [1.82, 2.24) is 4.98 Å². The van der Waals surface area contributed by atoms with Crippen molar-refractivity contribution in [2.75, 3.05) is 5.32 Å². The SMILES string of the molecule is CCC(C)CC(CC)Nc1ccc(-c2coc(C)n2)cc1. The van der Waals surface area contributed by atoms with Gasteiger partial charge in [0.25, 0.3) is 0 Å². The number of hydrogen-bond acceptors (Lipinski definition) is 3. The van der Waals surface area contributed by atoms with E-state index in [1.165, 1.54) is 18.5 Å². The Balaban J connectivity index is 2.01. The van der Waals surface area contributed by atoms with Gasteiger partial charge in [-0.15, -0.1) is 0 Å². The molecule has 0 spiro atoms.